The van der Waals surface area contributed by atoms with Crippen LogP contribution in [0.1, 0.15) is 56.1 Å². The van der Waals surface area contributed by atoms with Gasteiger partial charge in [0.25, 0.3) is 0 Å². The summed E-state index contributed by atoms with van der Waals surface area (Å²) in [7, 11) is 55.2. The Morgan fingerprint density at radius 1 is 1.00 bits per heavy atom. The fourth-order valence-electron chi connectivity index (χ4n) is 5.26. The molecule has 0 aromatic heterocycles. The molecule has 0 spiro atoms. The van der Waals surface area contributed by atoms with E-state index in [-0.39, 0.29) is 5.75 Å². The van der Waals surface area contributed by atoms with E-state index < -0.39 is 32.8 Å². The van der Waals surface area contributed by atoms with Gasteiger partial charge in [0.1, 0.15) is 11.5 Å². The van der Waals surface area contributed by atoms with Crippen LogP contribution in [-0.2, 0) is 6.42 Å². The van der Waals surface area contributed by atoms with Gasteiger partial charge in [-0.3, -0.25) is 0 Å². The van der Waals surface area contributed by atoms with Crippen molar-refractivity contribution < 1.29 is 9.84 Å². The molecule has 0 saturated carbocycles. The van der Waals surface area contributed by atoms with Crippen LogP contribution < -0.4 is 4.74 Å². The Kier molecular flexibility index (Phi) is 7.03. The topological polar surface area (TPSA) is 29.5 Å². The van der Waals surface area contributed by atoms with Crippen molar-refractivity contribution in [3.05, 3.63) is 34.9 Å². The van der Waals surface area contributed by atoms with Crippen LogP contribution >= 0.6 is 0 Å². The summed E-state index contributed by atoms with van der Waals surface area (Å²) in [5, 5.41) is 5.43. The van der Waals surface area contributed by atoms with Crippen molar-refractivity contribution in [3.63, 3.8) is 0 Å². The number of hydrogen-bond acceptors (Lipinski definition) is 2. The van der Waals surface area contributed by atoms with Gasteiger partial charge in [-0.15, -0.1) is 5.11 Å². The van der Waals surface area contributed by atoms with E-state index in [0.717, 1.165) is 31.2 Å². The lowest BCUT2D eigenvalue weighted by Crippen LogP contribution is -2.66. The van der Waals surface area contributed by atoms with E-state index in [0.29, 0.717) is 29.7 Å². The van der Waals surface area contributed by atoms with Gasteiger partial charge >= 0.3 is 0 Å². The van der Waals surface area contributed by atoms with Gasteiger partial charge in [0.15, 0.2) is 0 Å². The van der Waals surface area contributed by atoms with Crippen molar-refractivity contribution in [1.29, 1.82) is 0 Å². The third kappa shape index (κ3) is 4.44. The molecule has 0 saturated heterocycles. The van der Waals surface area contributed by atoms with Gasteiger partial charge in [-0.05, 0) is 43.4 Å². The summed E-state index contributed by atoms with van der Waals surface area (Å²) in [4.78, 5) is 0. The molecule has 2 nitrogen and oxygen atoms in total. The fraction of sp³-hybridized carbons (Fsp3) is 0.619. The highest BCUT2D eigenvalue weighted by Crippen LogP contribution is 2.63. The van der Waals surface area contributed by atoms with E-state index in [4.69, 9.17) is 75.4 Å². The molecule has 1 aliphatic heterocycles. The molecular weight excluding hydrogens is 382 g/mol. The second-order valence-corrected chi connectivity index (χ2v) is 9.48. The molecule has 32 heavy (non-hydrogen) atoms. The van der Waals surface area contributed by atoms with Crippen molar-refractivity contribution in [2.75, 3.05) is 0 Å². The summed E-state index contributed by atoms with van der Waals surface area (Å²) in [5.74, 6) is -0.756. The van der Waals surface area contributed by atoms with Crippen LogP contribution in [0.3, 0.4) is 0 Å². The summed E-state index contributed by atoms with van der Waals surface area (Å²) in [6.45, 7) is 2.12. The maximum Gasteiger partial charge on any atom is 0.127 e. The zero-order valence-corrected chi connectivity index (χ0v) is 18.7. The van der Waals surface area contributed by atoms with Gasteiger partial charge in [-0.25, -0.2) is 0 Å². The van der Waals surface area contributed by atoms with Crippen molar-refractivity contribution in [2.45, 2.75) is 72.3 Å². The van der Waals surface area contributed by atoms with Gasteiger partial charge in [0.05, 0.1) is 76.2 Å². The molecule has 0 fully saturated rings. The Balaban J connectivity index is 2.24. The quantitative estimate of drug-likeness (QED) is 0.425. The highest BCUT2D eigenvalue weighted by Gasteiger charge is 2.60. The van der Waals surface area contributed by atoms with Crippen LogP contribution in [0.5, 0.6) is 11.5 Å². The number of hydrogen-bond donors (Lipinski definition) is 1. The Morgan fingerprint density at radius 3 is 2.16 bits per heavy atom. The molecule has 0 amide bonds. The molecule has 144 valence electrons. The average molecular weight is 403 g/mol. The van der Waals surface area contributed by atoms with Gasteiger partial charge in [0, 0.05) is 17.4 Å². The smallest absolute Gasteiger partial charge is 0.127 e. The molecule has 0 bridgehead atoms. The summed E-state index contributed by atoms with van der Waals surface area (Å²) >= 11 is 0. The number of aryl methyl sites for hydroxylation is 1. The summed E-state index contributed by atoms with van der Waals surface area (Å²) in [5.41, 5.74) is 0.204. The minimum Gasteiger partial charge on any atom is -0.507 e. The lowest BCUT2D eigenvalue weighted by atomic mass is 9.20. The van der Waals surface area contributed by atoms with Gasteiger partial charge < -0.3 is 9.84 Å². The lowest BCUT2D eigenvalue weighted by molar-refractivity contribution is -0.0212. The molecule has 18 radical (unpaired) electrons. The third-order valence-electron chi connectivity index (χ3n) is 6.76. The largest absolute Gasteiger partial charge is 0.507 e. The number of fused-ring (bicyclic) bond motifs is 3. The Hall–Kier alpha value is -0.856. The van der Waals surface area contributed by atoms with Crippen LogP contribution in [0.4, 0.5) is 0 Å². The molecule has 11 heteroatoms. The minimum atomic E-state index is -2.02. The maximum atomic E-state index is 11.0. The third-order valence-corrected chi connectivity index (χ3v) is 6.76. The fourth-order valence-corrected chi connectivity index (χ4v) is 5.26. The van der Waals surface area contributed by atoms with Crippen LogP contribution in [-0.4, -0.2) is 81.3 Å². The number of benzene rings is 1. The first-order valence-electron chi connectivity index (χ1n) is 11.0. The highest BCUT2D eigenvalue weighted by molar-refractivity contribution is 6.65. The lowest BCUT2D eigenvalue weighted by Gasteiger charge is -2.64. The molecule has 2 atom stereocenters. The first kappa shape index (κ1) is 25.8. The first-order chi connectivity index (χ1) is 14.6. The monoisotopic (exact) mass is 404 g/mol. The number of aromatic hydroxyl groups is 1. The predicted molar refractivity (Wildman–Crippen MR) is 138 cm³/mol. The normalized spacial score (nSPS) is 22.8. The van der Waals surface area contributed by atoms with E-state index in [9.17, 15) is 5.11 Å². The van der Waals surface area contributed by atoms with Crippen molar-refractivity contribution in [1.82, 2.24) is 0 Å². The number of phenolic OH excluding ortho intramolecular Hbond substituents is 1. The predicted octanol–water partition coefficient (Wildman–Crippen LogP) is 1.41. The highest BCUT2D eigenvalue weighted by atomic mass is 16.5. The molecule has 2 unspecified atom stereocenters. The molecule has 1 N–H and O–H groups in total. The summed E-state index contributed by atoms with van der Waals surface area (Å²) < 4.78 is 6.33. The Bertz CT molecular complexity index is 867. The van der Waals surface area contributed by atoms with E-state index >= 15 is 0 Å². The Morgan fingerprint density at radius 2 is 1.62 bits per heavy atom. The summed E-state index contributed by atoms with van der Waals surface area (Å²) in [6.07, 6.45) is 6.39. The van der Waals surface area contributed by atoms with Crippen molar-refractivity contribution >= 4 is 70.6 Å². The Labute approximate surface area is 204 Å². The SMILES string of the molecule is [B]C([B])([B])C1=CC2c3c(O)cc(CCCCC)cc3OC(C([B])([B])[B])(C([B])([B])[B])C2CC1. The van der Waals surface area contributed by atoms with Crippen LogP contribution in [0, 0.1) is 5.92 Å². The summed E-state index contributed by atoms with van der Waals surface area (Å²) in [6, 6.07) is 3.54. The molecular formula is C21H21B9O2. The molecule has 2 aliphatic rings. The number of rotatable bonds is 7. The van der Waals surface area contributed by atoms with E-state index in [1.807, 2.05) is 6.07 Å². The maximum absolute atomic E-state index is 11.0. The number of phenols is 1. The first-order valence-corrected chi connectivity index (χ1v) is 11.0. The van der Waals surface area contributed by atoms with Crippen LogP contribution in [0.25, 0.3) is 0 Å². The van der Waals surface area contributed by atoms with E-state index in [1.165, 1.54) is 0 Å². The zero-order chi connectivity index (χ0) is 24.1. The van der Waals surface area contributed by atoms with Gasteiger partial charge in [-0.1, -0.05) is 41.6 Å². The molecule has 1 aromatic carbocycles. The van der Waals surface area contributed by atoms with Crippen molar-refractivity contribution in [3.8, 4) is 11.5 Å². The zero-order valence-electron chi connectivity index (χ0n) is 18.7. The van der Waals surface area contributed by atoms with Gasteiger partial charge in [0.2, 0.25) is 0 Å². The van der Waals surface area contributed by atoms with E-state index in [2.05, 4.69) is 6.92 Å². The molecule has 1 aromatic rings. The molecule has 1 heterocycles. The van der Waals surface area contributed by atoms with Gasteiger partial charge in [-0.2, -0.15) is 0 Å². The average Bonchev–Trinajstić information content (AvgIpc) is 2.64. The minimum absolute atomic E-state index is 0.0556. The second kappa shape index (κ2) is 8.73. The molecule has 1 aliphatic carbocycles. The molecule has 3 rings (SSSR count). The second-order valence-electron chi connectivity index (χ2n) is 9.48. The van der Waals surface area contributed by atoms with Crippen molar-refractivity contribution in [2.24, 2.45) is 5.92 Å². The number of ether oxygens (including phenoxy) is 1. The van der Waals surface area contributed by atoms with E-state index in [1.54, 1.807) is 12.1 Å². The van der Waals surface area contributed by atoms with Crippen LogP contribution in [0.15, 0.2) is 23.8 Å². The van der Waals surface area contributed by atoms with Crippen LogP contribution in [0.2, 0.25) is 15.3 Å². The number of unbranched alkanes of at least 4 members (excludes halogenated alkanes) is 2. The standard InChI is InChI=1S/C21H21B9O2/c1-2-3-4-5-11-8-15(31)17-13-10-12(19(22,23)24)6-7-14(13)18(20(25,26)27,21(28,29)30)32-16(17)9-11/h8-10,13-14,31H,2-7H2,1H3. The number of allylic oxidation sites excluding steroid dienone is 2.